The molecule has 1 aliphatic rings. The van der Waals surface area contributed by atoms with Crippen molar-refractivity contribution < 1.29 is 5.11 Å². The number of benzene rings is 1. The van der Waals surface area contributed by atoms with E-state index in [1.807, 2.05) is 25.1 Å². The maximum atomic E-state index is 9.72. The first-order chi connectivity index (χ1) is 6.29. The van der Waals surface area contributed by atoms with E-state index in [4.69, 9.17) is 0 Å². The van der Waals surface area contributed by atoms with E-state index in [1.165, 1.54) is 0 Å². The first-order valence-corrected chi connectivity index (χ1v) is 4.04. The summed E-state index contributed by atoms with van der Waals surface area (Å²) in [7, 11) is 0. The van der Waals surface area contributed by atoms with Gasteiger partial charge in [-0.25, -0.2) is 0 Å². The quantitative estimate of drug-likeness (QED) is 0.507. The highest BCUT2D eigenvalue weighted by Gasteiger charge is 2.10. The molecule has 1 aliphatic heterocycles. The maximum Gasteiger partial charge on any atom is 0.127 e. The molecule has 4 N–H and O–H groups in total. The van der Waals surface area contributed by atoms with E-state index in [1.54, 1.807) is 6.20 Å². The zero-order valence-corrected chi connectivity index (χ0v) is 7.26. The predicted molar refractivity (Wildman–Crippen MR) is 50.2 cm³/mol. The predicted octanol–water partition coefficient (Wildman–Crippen LogP) is 0.611. The fourth-order valence-corrected chi connectivity index (χ4v) is 1.27. The number of rotatable bonds is 1. The van der Waals surface area contributed by atoms with Crippen molar-refractivity contribution in [2.75, 3.05) is 0 Å². The fraction of sp³-hybridized carbons (Fsp3) is 0.111. The van der Waals surface area contributed by atoms with Crippen LogP contribution in [-0.2, 0) is 0 Å². The van der Waals surface area contributed by atoms with Gasteiger partial charge in [0.1, 0.15) is 5.75 Å². The molecule has 0 fully saturated rings. The Morgan fingerprint density at radius 2 is 2.15 bits per heavy atom. The van der Waals surface area contributed by atoms with Gasteiger partial charge in [-0.3, -0.25) is 0 Å². The van der Waals surface area contributed by atoms with E-state index in [9.17, 15) is 5.11 Å². The molecule has 0 aliphatic carbocycles. The Kier molecular flexibility index (Phi) is 1.83. The van der Waals surface area contributed by atoms with Crippen molar-refractivity contribution in [3.63, 3.8) is 0 Å². The number of aromatic hydroxyl groups is 1. The third-order valence-corrected chi connectivity index (χ3v) is 2.01. The normalized spacial score (nSPS) is 14.7. The van der Waals surface area contributed by atoms with Gasteiger partial charge >= 0.3 is 0 Å². The third-order valence-electron chi connectivity index (χ3n) is 2.01. The van der Waals surface area contributed by atoms with Gasteiger partial charge in [0.2, 0.25) is 0 Å². The summed E-state index contributed by atoms with van der Waals surface area (Å²) in [4.78, 5) is 0. The van der Waals surface area contributed by atoms with Gasteiger partial charge in [-0.1, -0.05) is 12.1 Å². The second kappa shape index (κ2) is 2.99. The lowest BCUT2D eigenvalue weighted by molar-refractivity contribution is 0.468. The average molecular weight is 177 g/mol. The molecule has 0 saturated carbocycles. The van der Waals surface area contributed by atoms with Crippen LogP contribution in [0.5, 0.6) is 5.75 Å². The Balaban J connectivity index is 2.45. The number of hydrazine groups is 2. The van der Waals surface area contributed by atoms with Gasteiger partial charge in [0.15, 0.2) is 0 Å². The minimum absolute atomic E-state index is 0.312. The SMILES string of the molecule is Cc1cccc(C2=CNNN2)c1O. The van der Waals surface area contributed by atoms with E-state index in [2.05, 4.69) is 16.4 Å². The monoisotopic (exact) mass is 177 g/mol. The smallest absolute Gasteiger partial charge is 0.127 e. The zero-order valence-electron chi connectivity index (χ0n) is 7.26. The van der Waals surface area contributed by atoms with E-state index in [0.29, 0.717) is 5.75 Å². The molecular formula is C9H11N3O. The number of para-hydroxylation sites is 1. The maximum absolute atomic E-state index is 9.72. The van der Waals surface area contributed by atoms with Crippen molar-refractivity contribution in [3.8, 4) is 5.75 Å². The summed E-state index contributed by atoms with van der Waals surface area (Å²) in [6.07, 6.45) is 1.76. The number of aryl methyl sites for hydroxylation is 1. The van der Waals surface area contributed by atoms with Gasteiger partial charge in [0.25, 0.3) is 0 Å². The second-order valence-electron chi connectivity index (χ2n) is 2.92. The standard InChI is InChI=1S/C9H11N3O/c1-6-3-2-4-7(9(6)13)8-5-10-12-11-8/h2-5,10-13H,1H3. The number of hydrogen-bond donors (Lipinski definition) is 4. The van der Waals surface area contributed by atoms with Crippen LogP contribution in [0.2, 0.25) is 0 Å². The summed E-state index contributed by atoms with van der Waals surface area (Å²) in [5.74, 6) is 0.312. The highest BCUT2D eigenvalue weighted by Crippen LogP contribution is 2.26. The van der Waals surface area contributed by atoms with E-state index < -0.39 is 0 Å². The molecule has 4 heteroatoms. The Labute approximate surface area is 76.2 Å². The zero-order chi connectivity index (χ0) is 9.26. The first-order valence-electron chi connectivity index (χ1n) is 4.04. The molecule has 0 saturated heterocycles. The molecule has 0 bridgehead atoms. The van der Waals surface area contributed by atoms with Crippen LogP contribution in [-0.4, -0.2) is 5.11 Å². The van der Waals surface area contributed by atoms with Crippen molar-refractivity contribution in [3.05, 3.63) is 35.5 Å². The van der Waals surface area contributed by atoms with Crippen LogP contribution in [0.15, 0.2) is 24.4 Å². The van der Waals surface area contributed by atoms with E-state index in [-0.39, 0.29) is 0 Å². The molecule has 0 atom stereocenters. The van der Waals surface area contributed by atoms with Gasteiger partial charge in [-0.05, 0) is 18.6 Å². The van der Waals surface area contributed by atoms with Gasteiger partial charge in [0, 0.05) is 11.8 Å². The molecule has 0 amide bonds. The Morgan fingerprint density at radius 1 is 1.31 bits per heavy atom. The molecular weight excluding hydrogens is 166 g/mol. The molecule has 1 aromatic carbocycles. The van der Waals surface area contributed by atoms with Gasteiger partial charge < -0.3 is 16.0 Å². The molecule has 4 nitrogen and oxygen atoms in total. The number of phenolic OH excluding ortho intramolecular Hbond substituents is 1. The largest absolute Gasteiger partial charge is 0.507 e. The lowest BCUT2D eigenvalue weighted by Gasteiger charge is -2.07. The van der Waals surface area contributed by atoms with Crippen LogP contribution < -0.4 is 16.4 Å². The Morgan fingerprint density at radius 3 is 2.85 bits per heavy atom. The number of hydrogen-bond acceptors (Lipinski definition) is 4. The topological polar surface area (TPSA) is 56.3 Å². The van der Waals surface area contributed by atoms with Crippen LogP contribution in [0.4, 0.5) is 0 Å². The number of phenols is 1. The second-order valence-corrected chi connectivity index (χ2v) is 2.92. The van der Waals surface area contributed by atoms with E-state index >= 15 is 0 Å². The summed E-state index contributed by atoms with van der Waals surface area (Å²) in [6, 6.07) is 5.64. The lowest BCUT2D eigenvalue weighted by Crippen LogP contribution is -2.31. The van der Waals surface area contributed by atoms with Crippen molar-refractivity contribution in [2.45, 2.75) is 6.92 Å². The summed E-state index contributed by atoms with van der Waals surface area (Å²) in [6.45, 7) is 1.87. The molecule has 0 spiro atoms. The average Bonchev–Trinajstić information content (AvgIpc) is 2.62. The van der Waals surface area contributed by atoms with Crippen LogP contribution in [0, 0.1) is 6.92 Å². The van der Waals surface area contributed by atoms with Crippen molar-refractivity contribution in [1.29, 1.82) is 0 Å². The number of nitrogens with one attached hydrogen (secondary N) is 3. The Bertz CT molecular complexity index is 360. The van der Waals surface area contributed by atoms with Crippen LogP contribution in [0.3, 0.4) is 0 Å². The van der Waals surface area contributed by atoms with Crippen molar-refractivity contribution in [2.24, 2.45) is 0 Å². The van der Waals surface area contributed by atoms with Gasteiger partial charge in [0.05, 0.1) is 5.70 Å². The minimum Gasteiger partial charge on any atom is -0.507 e. The molecule has 0 unspecified atom stereocenters. The molecule has 0 radical (unpaired) electrons. The fourth-order valence-electron chi connectivity index (χ4n) is 1.27. The summed E-state index contributed by atoms with van der Waals surface area (Å²) >= 11 is 0. The molecule has 1 heterocycles. The molecule has 2 rings (SSSR count). The van der Waals surface area contributed by atoms with Crippen molar-refractivity contribution in [1.82, 2.24) is 16.4 Å². The van der Waals surface area contributed by atoms with Crippen LogP contribution >= 0.6 is 0 Å². The third kappa shape index (κ3) is 1.31. The Hall–Kier alpha value is -1.68. The van der Waals surface area contributed by atoms with Gasteiger partial charge in [-0.15, -0.1) is 0 Å². The van der Waals surface area contributed by atoms with Gasteiger partial charge in [-0.2, -0.15) is 5.53 Å². The first kappa shape index (κ1) is 7.94. The molecule has 0 aromatic heterocycles. The highest BCUT2D eigenvalue weighted by molar-refractivity contribution is 5.70. The summed E-state index contributed by atoms with van der Waals surface area (Å²) in [5, 5.41) is 9.72. The molecule has 13 heavy (non-hydrogen) atoms. The highest BCUT2D eigenvalue weighted by atomic mass is 16.3. The summed E-state index contributed by atoms with van der Waals surface area (Å²) in [5.41, 5.74) is 10.9. The lowest BCUT2D eigenvalue weighted by atomic mass is 10.1. The summed E-state index contributed by atoms with van der Waals surface area (Å²) < 4.78 is 0. The molecule has 1 aromatic rings. The van der Waals surface area contributed by atoms with E-state index in [0.717, 1.165) is 16.8 Å². The molecule has 68 valence electrons. The van der Waals surface area contributed by atoms with Crippen LogP contribution in [0.1, 0.15) is 11.1 Å². The van der Waals surface area contributed by atoms with Crippen LogP contribution in [0.25, 0.3) is 5.70 Å². The van der Waals surface area contributed by atoms with Crippen molar-refractivity contribution >= 4 is 5.70 Å². The minimum atomic E-state index is 0.312.